The number of ether oxygens (including phenoxy) is 4. The maximum Gasteiger partial charge on any atom is 0.335 e. The van der Waals surface area contributed by atoms with Gasteiger partial charge in [-0.2, -0.15) is 0 Å². The zero-order valence-corrected chi connectivity index (χ0v) is 40.0. The van der Waals surface area contributed by atoms with E-state index in [0.717, 1.165) is 70.6 Å². The molecule has 1 fully saturated rings. The number of aliphatic carboxylic acids is 1. The monoisotopic (exact) mass is 903 g/mol. The molecule has 11 heteroatoms. The van der Waals surface area contributed by atoms with Gasteiger partial charge in [0, 0.05) is 12.8 Å². The first-order chi connectivity index (χ1) is 31.2. The van der Waals surface area contributed by atoms with Gasteiger partial charge in [0.25, 0.3) is 0 Å². The number of carbonyl (C=O) groups excluding carboxylic acids is 2. The number of unbranched alkanes of at least 4 members (excludes halogenated alkanes) is 21. The second-order valence-electron chi connectivity index (χ2n) is 17.3. The lowest BCUT2D eigenvalue weighted by Crippen LogP contribution is -2.60. The van der Waals surface area contributed by atoms with Gasteiger partial charge in [0.2, 0.25) is 0 Å². The Hall–Kier alpha value is -3.09. The van der Waals surface area contributed by atoms with Crippen LogP contribution in [0.1, 0.15) is 206 Å². The standard InChI is InChI=1S/C53H90O11/c1-3-5-7-9-11-13-15-17-19-21-23-25-27-29-31-33-35-37-39-41-46(54)61-43-45(44-62-53-50(58)48(56)49(57)51(64-53)52(59)60)63-47(55)42-40-38-36-34-32-30-28-26-24-22-20-18-16-14-12-10-8-6-4-2/h5,7,11,13,17,19,23,25,29,31,45,48-51,53,56-58H,3-4,6,8-10,12,14-16,18,20-22,24,26-28,30,32-44H2,1-2H3,(H,59,60)/b7-5-,13-11-,19-17-,25-23-,31-29-. The SMILES string of the molecule is CC/C=C\C/C=C\C/C=C\C/C=C\C/C=C\CCCCCC(=O)OCC(COC1OC(C(=O)O)C(O)C(O)C1O)OC(=O)CCCCCCCCCCCCCCCCCCCCC. The van der Waals surface area contributed by atoms with E-state index < -0.39 is 61.3 Å². The minimum atomic E-state index is -1.87. The van der Waals surface area contributed by atoms with Crippen LogP contribution in [0.4, 0.5) is 0 Å². The van der Waals surface area contributed by atoms with Gasteiger partial charge < -0.3 is 39.4 Å². The first-order valence-corrected chi connectivity index (χ1v) is 25.3. The smallest absolute Gasteiger partial charge is 0.335 e. The molecule has 1 aliphatic rings. The van der Waals surface area contributed by atoms with Crippen LogP contribution >= 0.6 is 0 Å². The topological polar surface area (TPSA) is 169 Å². The van der Waals surface area contributed by atoms with Crippen molar-refractivity contribution in [2.45, 2.75) is 243 Å². The van der Waals surface area contributed by atoms with E-state index in [1.54, 1.807) is 0 Å². The first-order valence-electron chi connectivity index (χ1n) is 25.3. The molecule has 6 atom stereocenters. The van der Waals surface area contributed by atoms with Crippen LogP contribution in [0.3, 0.4) is 0 Å². The largest absolute Gasteiger partial charge is 0.479 e. The summed E-state index contributed by atoms with van der Waals surface area (Å²) in [4.78, 5) is 37.0. The summed E-state index contributed by atoms with van der Waals surface area (Å²) in [7, 11) is 0. The number of rotatable bonds is 42. The average molecular weight is 903 g/mol. The quantitative estimate of drug-likeness (QED) is 0.0261. The zero-order chi connectivity index (χ0) is 46.7. The zero-order valence-electron chi connectivity index (χ0n) is 40.0. The molecule has 4 N–H and O–H groups in total. The van der Waals surface area contributed by atoms with E-state index in [-0.39, 0.29) is 19.4 Å². The summed E-state index contributed by atoms with van der Waals surface area (Å²) in [6.45, 7) is 3.69. The van der Waals surface area contributed by atoms with Crippen molar-refractivity contribution in [3.63, 3.8) is 0 Å². The fourth-order valence-corrected chi connectivity index (χ4v) is 7.44. The third-order valence-electron chi connectivity index (χ3n) is 11.4. The van der Waals surface area contributed by atoms with Gasteiger partial charge in [0.15, 0.2) is 18.5 Å². The Balaban J connectivity index is 2.33. The molecule has 6 unspecified atom stereocenters. The van der Waals surface area contributed by atoms with Crippen molar-refractivity contribution in [2.75, 3.05) is 13.2 Å². The molecule has 0 amide bonds. The number of hydrogen-bond acceptors (Lipinski definition) is 10. The molecule has 1 saturated heterocycles. The minimum absolute atomic E-state index is 0.176. The molecule has 0 aromatic heterocycles. The van der Waals surface area contributed by atoms with Crippen molar-refractivity contribution < 1.29 is 53.8 Å². The predicted octanol–water partition coefficient (Wildman–Crippen LogP) is 11.9. The van der Waals surface area contributed by atoms with Crippen molar-refractivity contribution in [3.8, 4) is 0 Å². The molecule has 0 spiro atoms. The molecule has 0 aromatic rings. The molecule has 0 saturated carbocycles. The summed E-state index contributed by atoms with van der Waals surface area (Å²) in [5.74, 6) is -2.48. The number of hydrogen-bond donors (Lipinski definition) is 4. The maximum absolute atomic E-state index is 12.8. The van der Waals surface area contributed by atoms with Gasteiger partial charge in [0.05, 0.1) is 6.61 Å². The Morgan fingerprint density at radius 2 is 0.922 bits per heavy atom. The van der Waals surface area contributed by atoms with Crippen LogP contribution in [0.5, 0.6) is 0 Å². The lowest BCUT2D eigenvalue weighted by molar-refractivity contribution is -0.298. The van der Waals surface area contributed by atoms with E-state index >= 15 is 0 Å². The predicted molar refractivity (Wildman–Crippen MR) is 257 cm³/mol. The number of esters is 2. The van der Waals surface area contributed by atoms with Gasteiger partial charge in [-0.1, -0.05) is 197 Å². The highest BCUT2D eigenvalue weighted by Gasteiger charge is 2.47. The number of allylic oxidation sites excluding steroid dienone is 10. The molecule has 0 radical (unpaired) electrons. The van der Waals surface area contributed by atoms with Gasteiger partial charge in [-0.15, -0.1) is 0 Å². The molecule has 0 bridgehead atoms. The van der Waals surface area contributed by atoms with Crippen molar-refractivity contribution in [2.24, 2.45) is 0 Å². The van der Waals surface area contributed by atoms with Crippen LogP contribution in [0.15, 0.2) is 60.8 Å². The van der Waals surface area contributed by atoms with Crippen LogP contribution in [0.25, 0.3) is 0 Å². The third-order valence-corrected chi connectivity index (χ3v) is 11.4. The Bertz CT molecular complexity index is 1290. The number of aliphatic hydroxyl groups excluding tert-OH is 3. The molecular weight excluding hydrogens is 813 g/mol. The lowest BCUT2D eigenvalue weighted by Gasteiger charge is -2.38. The van der Waals surface area contributed by atoms with Crippen molar-refractivity contribution in [1.29, 1.82) is 0 Å². The van der Waals surface area contributed by atoms with E-state index in [2.05, 4.69) is 74.6 Å². The normalized spacial score (nSPS) is 19.8. The van der Waals surface area contributed by atoms with E-state index in [4.69, 9.17) is 18.9 Å². The van der Waals surface area contributed by atoms with Gasteiger partial charge in [-0.25, -0.2) is 4.79 Å². The average Bonchev–Trinajstić information content (AvgIpc) is 3.28. The lowest BCUT2D eigenvalue weighted by atomic mass is 9.99. The molecule has 368 valence electrons. The molecule has 1 heterocycles. The fraction of sp³-hybridized carbons (Fsp3) is 0.755. The number of carbonyl (C=O) groups is 3. The molecule has 1 aliphatic heterocycles. The summed E-state index contributed by atoms with van der Waals surface area (Å²) in [5, 5.41) is 39.9. The third kappa shape index (κ3) is 33.4. The van der Waals surface area contributed by atoms with Gasteiger partial charge in [-0.05, 0) is 57.8 Å². The van der Waals surface area contributed by atoms with Crippen molar-refractivity contribution >= 4 is 17.9 Å². The van der Waals surface area contributed by atoms with E-state index in [1.807, 2.05) is 0 Å². The van der Waals surface area contributed by atoms with Crippen molar-refractivity contribution in [1.82, 2.24) is 0 Å². The van der Waals surface area contributed by atoms with Gasteiger partial charge in [-0.3, -0.25) is 9.59 Å². The van der Waals surface area contributed by atoms with Gasteiger partial charge in [0.1, 0.15) is 24.9 Å². The summed E-state index contributed by atoms with van der Waals surface area (Å²) in [5.41, 5.74) is 0. The second kappa shape index (κ2) is 42.5. The molecule has 1 rings (SSSR count). The molecule has 0 aliphatic carbocycles. The minimum Gasteiger partial charge on any atom is -0.479 e. The number of aliphatic hydroxyl groups is 3. The molecule has 64 heavy (non-hydrogen) atoms. The Kier molecular flexibility index (Phi) is 39.2. The highest BCUT2D eigenvalue weighted by molar-refractivity contribution is 5.73. The van der Waals surface area contributed by atoms with Crippen molar-refractivity contribution in [3.05, 3.63) is 60.8 Å². The first kappa shape index (κ1) is 58.9. The summed E-state index contributed by atoms with van der Waals surface area (Å²) in [6.07, 6.45) is 44.1. The molecule has 11 nitrogen and oxygen atoms in total. The van der Waals surface area contributed by atoms with Crippen LogP contribution in [0, 0.1) is 0 Å². The summed E-state index contributed by atoms with van der Waals surface area (Å²) >= 11 is 0. The Morgan fingerprint density at radius 3 is 1.39 bits per heavy atom. The van der Waals surface area contributed by atoms with Gasteiger partial charge >= 0.3 is 17.9 Å². The Labute approximate surface area is 387 Å². The summed E-state index contributed by atoms with van der Waals surface area (Å²) in [6, 6.07) is 0. The maximum atomic E-state index is 12.8. The number of carboxylic acids is 1. The van der Waals surface area contributed by atoms with E-state index in [9.17, 15) is 34.8 Å². The van der Waals surface area contributed by atoms with E-state index in [0.29, 0.717) is 12.8 Å². The molecular formula is C53H90O11. The van der Waals surface area contributed by atoms with Crippen LogP contribution in [-0.2, 0) is 33.3 Å². The van der Waals surface area contributed by atoms with Crippen LogP contribution in [-0.4, -0.2) is 88.4 Å². The Morgan fingerprint density at radius 1 is 0.500 bits per heavy atom. The highest BCUT2D eigenvalue weighted by Crippen LogP contribution is 2.23. The second-order valence-corrected chi connectivity index (χ2v) is 17.3. The molecule has 0 aromatic carbocycles. The van der Waals surface area contributed by atoms with Crippen LogP contribution < -0.4 is 0 Å². The van der Waals surface area contributed by atoms with Crippen LogP contribution in [0.2, 0.25) is 0 Å². The summed E-state index contributed by atoms with van der Waals surface area (Å²) < 4.78 is 21.8. The van der Waals surface area contributed by atoms with E-state index in [1.165, 1.54) is 96.3 Å². The number of carboxylic acid groups (broad SMARTS) is 1. The fourth-order valence-electron chi connectivity index (χ4n) is 7.44. The highest BCUT2D eigenvalue weighted by atomic mass is 16.7.